The summed E-state index contributed by atoms with van der Waals surface area (Å²) in [5, 5.41) is 10.0. The lowest BCUT2D eigenvalue weighted by Crippen LogP contribution is -2.28. The number of nitrogens with zero attached hydrogens (tertiary/aromatic N) is 2. The van der Waals surface area contributed by atoms with Gasteiger partial charge in [-0.05, 0) is 38.3 Å². The van der Waals surface area contributed by atoms with Crippen LogP contribution in [0.1, 0.15) is 26.2 Å². The highest BCUT2D eigenvalue weighted by atomic mass is 16.3. The van der Waals surface area contributed by atoms with Crippen LogP contribution in [0.4, 0.5) is 11.5 Å². The number of hydrogen-bond acceptors (Lipinski definition) is 4. The highest BCUT2D eigenvalue weighted by Gasteiger charge is 2.24. The number of hydrogen-bond donors (Lipinski definition) is 2. The first-order valence-corrected chi connectivity index (χ1v) is 5.76. The monoisotopic (exact) mass is 221 g/mol. The fourth-order valence-electron chi connectivity index (χ4n) is 2.11. The quantitative estimate of drug-likeness (QED) is 0.752. The Morgan fingerprint density at radius 3 is 2.88 bits per heavy atom. The second kappa shape index (κ2) is 4.29. The lowest BCUT2D eigenvalue weighted by Gasteiger charge is -2.23. The molecule has 88 valence electrons. The van der Waals surface area contributed by atoms with Crippen LogP contribution in [0.15, 0.2) is 18.3 Å². The SMILES string of the molecule is CC1(O)CCCN(c2ccc(N)nc2)CC1. The van der Waals surface area contributed by atoms with Crippen molar-refractivity contribution >= 4 is 11.5 Å². The third-order valence-corrected chi connectivity index (χ3v) is 3.20. The summed E-state index contributed by atoms with van der Waals surface area (Å²) in [6.07, 6.45) is 4.48. The summed E-state index contributed by atoms with van der Waals surface area (Å²) in [6, 6.07) is 3.81. The number of aliphatic hydroxyl groups is 1. The zero-order valence-electron chi connectivity index (χ0n) is 9.69. The molecule has 1 unspecified atom stereocenters. The highest BCUT2D eigenvalue weighted by Crippen LogP contribution is 2.24. The molecular weight excluding hydrogens is 202 g/mol. The Hall–Kier alpha value is -1.29. The Morgan fingerprint density at radius 1 is 1.38 bits per heavy atom. The molecule has 0 aliphatic carbocycles. The number of anilines is 2. The molecular formula is C12H19N3O. The van der Waals surface area contributed by atoms with Crippen molar-refractivity contribution in [1.29, 1.82) is 0 Å². The first kappa shape index (κ1) is 11.2. The van der Waals surface area contributed by atoms with Crippen molar-refractivity contribution in [2.24, 2.45) is 0 Å². The maximum Gasteiger partial charge on any atom is 0.123 e. The third-order valence-electron chi connectivity index (χ3n) is 3.20. The van der Waals surface area contributed by atoms with E-state index in [0.717, 1.165) is 38.0 Å². The molecule has 0 aromatic carbocycles. The molecule has 1 aliphatic heterocycles. The van der Waals surface area contributed by atoms with Gasteiger partial charge in [-0.1, -0.05) is 0 Å². The topological polar surface area (TPSA) is 62.4 Å². The van der Waals surface area contributed by atoms with Crippen molar-refractivity contribution in [1.82, 2.24) is 4.98 Å². The number of nitrogen functional groups attached to an aromatic ring is 1. The predicted molar refractivity (Wildman–Crippen MR) is 65.3 cm³/mol. The molecule has 1 aromatic heterocycles. The van der Waals surface area contributed by atoms with Gasteiger partial charge in [-0.15, -0.1) is 0 Å². The van der Waals surface area contributed by atoms with E-state index in [1.807, 2.05) is 19.1 Å². The molecule has 1 saturated heterocycles. The van der Waals surface area contributed by atoms with Crippen LogP contribution in [0.25, 0.3) is 0 Å². The lowest BCUT2D eigenvalue weighted by atomic mass is 9.98. The number of aromatic nitrogens is 1. The molecule has 1 aliphatic rings. The molecule has 4 nitrogen and oxygen atoms in total. The smallest absolute Gasteiger partial charge is 0.123 e. The van der Waals surface area contributed by atoms with E-state index < -0.39 is 5.60 Å². The van der Waals surface area contributed by atoms with Gasteiger partial charge in [0.05, 0.1) is 17.5 Å². The summed E-state index contributed by atoms with van der Waals surface area (Å²) in [5.41, 5.74) is 6.13. The Morgan fingerprint density at radius 2 is 2.19 bits per heavy atom. The normalized spacial score (nSPS) is 26.5. The number of rotatable bonds is 1. The van der Waals surface area contributed by atoms with Gasteiger partial charge in [0.15, 0.2) is 0 Å². The molecule has 1 aromatic rings. The van der Waals surface area contributed by atoms with Crippen molar-refractivity contribution in [3.05, 3.63) is 18.3 Å². The second-order valence-electron chi connectivity index (χ2n) is 4.78. The summed E-state index contributed by atoms with van der Waals surface area (Å²) in [5.74, 6) is 0.547. The van der Waals surface area contributed by atoms with E-state index in [4.69, 9.17) is 5.73 Å². The van der Waals surface area contributed by atoms with E-state index in [1.165, 1.54) is 0 Å². The minimum Gasteiger partial charge on any atom is -0.390 e. The minimum absolute atomic E-state index is 0.518. The Balaban J connectivity index is 2.08. The lowest BCUT2D eigenvalue weighted by molar-refractivity contribution is 0.0481. The van der Waals surface area contributed by atoms with Gasteiger partial charge in [0.2, 0.25) is 0 Å². The summed E-state index contributed by atoms with van der Waals surface area (Å²) < 4.78 is 0. The minimum atomic E-state index is -0.518. The number of pyridine rings is 1. The van der Waals surface area contributed by atoms with Crippen molar-refractivity contribution in [2.75, 3.05) is 23.7 Å². The van der Waals surface area contributed by atoms with Crippen LogP contribution in [-0.4, -0.2) is 28.8 Å². The Labute approximate surface area is 96.1 Å². The van der Waals surface area contributed by atoms with Crippen LogP contribution in [0, 0.1) is 0 Å². The Bertz CT molecular complexity index is 348. The van der Waals surface area contributed by atoms with Gasteiger partial charge in [0, 0.05) is 13.1 Å². The molecule has 0 spiro atoms. The average molecular weight is 221 g/mol. The summed E-state index contributed by atoms with van der Waals surface area (Å²) in [7, 11) is 0. The van der Waals surface area contributed by atoms with Gasteiger partial charge in [-0.2, -0.15) is 0 Å². The van der Waals surface area contributed by atoms with E-state index in [2.05, 4.69) is 9.88 Å². The second-order valence-corrected chi connectivity index (χ2v) is 4.78. The average Bonchev–Trinajstić information content (AvgIpc) is 2.41. The van der Waals surface area contributed by atoms with E-state index in [1.54, 1.807) is 6.20 Å². The van der Waals surface area contributed by atoms with E-state index >= 15 is 0 Å². The van der Waals surface area contributed by atoms with E-state index in [9.17, 15) is 5.11 Å². The zero-order chi connectivity index (χ0) is 11.6. The summed E-state index contributed by atoms with van der Waals surface area (Å²) in [4.78, 5) is 6.35. The molecule has 0 saturated carbocycles. The molecule has 16 heavy (non-hydrogen) atoms. The third kappa shape index (κ3) is 2.64. The van der Waals surface area contributed by atoms with Crippen LogP contribution in [0.5, 0.6) is 0 Å². The van der Waals surface area contributed by atoms with Gasteiger partial charge in [0.25, 0.3) is 0 Å². The molecule has 2 heterocycles. The van der Waals surface area contributed by atoms with Crippen molar-refractivity contribution < 1.29 is 5.11 Å². The maximum atomic E-state index is 10.0. The van der Waals surface area contributed by atoms with Crippen molar-refractivity contribution in [2.45, 2.75) is 31.8 Å². The summed E-state index contributed by atoms with van der Waals surface area (Å²) >= 11 is 0. The van der Waals surface area contributed by atoms with Gasteiger partial charge in [0.1, 0.15) is 5.82 Å². The molecule has 1 atom stereocenters. The first-order valence-electron chi connectivity index (χ1n) is 5.76. The molecule has 0 amide bonds. The highest BCUT2D eigenvalue weighted by molar-refractivity contribution is 5.48. The molecule has 1 fully saturated rings. The fourth-order valence-corrected chi connectivity index (χ4v) is 2.11. The van der Waals surface area contributed by atoms with Gasteiger partial charge in [-0.25, -0.2) is 4.98 Å². The van der Waals surface area contributed by atoms with Crippen LogP contribution in [-0.2, 0) is 0 Å². The van der Waals surface area contributed by atoms with Crippen LogP contribution < -0.4 is 10.6 Å². The fraction of sp³-hybridized carbons (Fsp3) is 0.583. The van der Waals surface area contributed by atoms with Gasteiger partial charge < -0.3 is 15.7 Å². The Kier molecular flexibility index (Phi) is 3.01. The van der Waals surface area contributed by atoms with Gasteiger partial charge in [-0.3, -0.25) is 0 Å². The van der Waals surface area contributed by atoms with Crippen LogP contribution in [0.3, 0.4) is 0 Å². The maximum absolute atomic E-state index is 10.0. The van der Waals surface area contributed by atoms with Crippen LogP contribution >= 0.6 is 0 Å². The number of nitrogens with two attached hydrogens (primary N) is 1. The van der Waals surface area contributed by atoms with Gasteiger partial charge >= 0.3 is 0 Å². The molecule has 0 bridgehead atoms. The zero-order valence-corrected chi connectivity index (χ0v) is 9.69. The van der Waals surface area contributed by atoms with Crippen molar-refractivity contribution in [3.63, 3.8) is 0 Å². The van der Waals surface area contributed by atoms with E-state index in [-0.39, 0.29) is 0 Å². The molecule has 3 N–H and O–H groups in total. The predicted octanol–water partition coefficient (Wildman–Crippen LogP) is 1.41. The van der Waals surface area contributed by atoms with E-state index in [0.29, 0.717) is 5.82 Å². The standard InChI is InChI=1S/C12H19N3O/c1-12(16)5-2-7-15(8-6-12)10-3-4-11(13)14-9-10/h3-4,9,16H,2,5-8H2,1H3,(H2,13,14). The van der Waals surface area contributed by atoms with Crippen molar-refractivity contribution in [3.8, 4) is 0 Å². The first-order chi connectivity index (χ1) is 7.57. The molecule has 4 heteroatoms. The largest absolute Gasteiger partial charge is 0.390 e. The summed E-state index contributed by atoms with van der Waals surface area (Å²) in [6.45, 7) is 3.76. The molecule has 2 rings (SSSR count). The van der Waals surface area contributed by atoms with Crippen LogP contribution in [0.2, 0.25) is 0 Å². The molecule has 0 radical (unpaired) electrons.